The lowest BCUT2D eigenvalue weighted by Gasteiger charge is -2.29. The summed E-state index contributed by atoms with van der Waals surface area (Å²) >= 11 is 0. The summed E-state index contributed by atoms with van der Waals surface area (Å²) < 4.78 is 11.1. The number of H-pyrrole nitrogens is 1. The Hall–Kier alpha value is -3.84. The number of aromatic nitrogens is 2. The molecule has 7 nitrogen and oxygen atoms in total. The highest BCUT2D eigenvalue weighted by atomic mass is 16.5. The predicted molar refractivity (Wildman–Crippen MR) is 147 cm³/mol. The van der Waals surface area contributed by atoms with Crippen LogP contribution in [0, 0.1) is 5.92 Å². The first-order valence-electron chi connectivity index (χ1n) is 12.9. The number of nitrogens with one attached hydrogen (secondary N) is 2. The van der Waals surface area contributed by atoms with Gasteiger partial charge in [-0.25, -0.2) is 0 Å². The first-order valence-corrected chi connectivity index (χ1v) is 12.9. The fraction of sp³-hybridized carbons (Fsp3) is 0.333. The first kappa shape index (κ1) is 24.8. The summed E-state index contributed by atoms with van der Waals surface area (Å²) in [5.41, 5.74) is 4.00. The molecule has 1 saturated heterocycles. The molecule has 0 atom stereocenters. The molecule has 192 valence electrons. The maximum absolute atomic E-state index is 11.4. The van der Waals surface area contributed by atoms with Gasteiger partial charge in [-0.15, -0.1) is 0 Å². The largest absolute Gasteiger partial charge is 0.497 e. The van der Waals surface area contributed by atoms with Gasteiger partial charge in [0.05, 0.1) is 18.3 Å². The van der Waals surface area contributed by atoms with Crippen molar-refractivity contribution in [1.29, 1.82) is 0 Å². The van der Waals surface area contributed by atoms with Gasteiger partial charge in [-0.2, -0.15) is 5.10 Å². The second-order valence-electron chi connectivity index (χ2n) is 9.75. The third-order valence-electron chi connectivity index (χ3n) is 6.87. The van der Waals surface area contributed by atoms with Gasteiger partial charge < -0.3 is 19.7 Å². The van der Waals surface area contributed by atoms with Gasteiger partial charge in [0.2, 0.25) is 5.91 Å². The lowest BCUT2D eigenvalue weighted by Crippen LogP contribution is -2.35. The van der Waals surface area contributed by atoms with Crippen LogP contribution < -0.4 is 14.8 Å². The molecular weight excluding hydrogens is 464 g/mol. The van der Waals surface area contributed by atoms with E-state index in [2.05, 4.69) is 57.8 Å². The van der Waals surface area contributed by atoms with Gasteiger partial charge in [0.25, 0.3) is 0 Å². The molecule has 37 heavy (non-hydrogen) atoms. The topological polar surface area (TPSA) is 79.5 Å². The minimum Gasteiger partial charge on any atom is -0.497 e. The van der Waals surface area contributed by atoms with E-state index in [0.717, 1.165) is 78.1 Å². The Morgan fingerprint density at radius 3 is 2.27 bits per heavy atom. The van der Waals surface area contributed by atoms with Crippen molar-refractivity contribution in [2.24, 2.45) is 5.92 Å². The smallest absolute Gasteiger partial charge is 0.227 e. The molecule has 2 aliphatic rings. The Labute approximate surface area is 217 Å². The van der Waals surface area contributed by atoms with Crippen LogP contribution in [0.15, 0.2) is 72.8 Å². The summed E-state index contributed by atoms with van der Waals surface area (Å²) in [6.45, 7) is 2.23. The Kier molecular flexibility index (Phi) is 7.70. The lowest BCUT2D eigenvalue weighted by molar-refractivity contribution is -0.117. The van der Waals surface area contributed by atoms with Crippen molar-refractivity contribution in [3.8, 4) is 22.8 Å². The number of carbonyl (C=O) groups excluding carboxylic acids is 1. The number of rotatable bonds is 6. The van der Waals surface area contributed by atoms with E-state index in [9.17, 15) is 4.79 Å². The van der Waals surface area contributed by atoms with Crippen LogP contribution in [-0.4, -0.2) is 54.4 Å². The number of amides is 1. The van der Waals surface area contributed by atoms with Crippen molar-refractivity contribution in [1.82, 2.24) is 15.1 Å². The molecule has 0 bridgehead atoms. The number of likely N-dealkylation sites (tertiary alicyclic amines) is 1. The van der Waals surface area contributed by atoms with Crippen molar-refractivity contribution in [3.63, 3.8) is 0 Å². The summed E-state index contributed by atoms with van der Waals surface area (Å²) in [6.07, 6.45) is 4.59. The van der Waals surface area contributed by atoms with Gasteiger partial charge in [0.15, 0.2) is 0 Å². The van der Waals surface area contributed by atoms with Gasteiger partial charge in [-0.05, 0) is 87.3 Å². The normalized spacial score (nSPS) is 16.1. The Morgan fingerprint density at radius 1 is 0.919 bits per heavy atom. The molecule has 0 unspecified atom stereocenters. The number of carbonyl (C=O) groups is 1. The number of hydrogen-bond donors (Lipinski definition) is 2. The van der Waals surface area contributed by atoms with E-state index < -0.39 is 0 Å². The van der Waals surface area contributed by atoms with Gasteiger partial charge in [-0.1, -0.05) is 18.2 Å². The fourth-order valence-corrected chi connectivity index (χ4v) is 4.43. The SMILES string of the molecule is CN1CCC(Oc2ccc(-c3n[nH]c4ccccc34)cc2)CC1.COc1ccc(NC(=O)C2CC2)cc1. The zero-order valence-corrected chi connectivity index (χ0v) is 21.4. The van der Waals surface area contributed by atoms with Crippen LogP contribution in [0.2, 0.25) is 0 Å². The summed E-state index contributed by atoms with van der Waals surface area (Å²) in [6, 6.07) is 23.8. The van der Waals surface area contributed by atoms with Crippen LogP contribution in [0.3, 0.4) is 0 Å². The van der Waals surface area contributed by atoms with Crippen LogP contribution in [0.1, 0.15) is 25.7 Å². The molecule has 1 aliphatic heterocycles. The van der Waals surface area contributed by atoms with E-state index >= 15 is 0 Å². The highest BCUT2D eigenvalue weighted by molar-refractivity contribution is 5.94. The molecule has 1 saturated carbocycles. The van der Waals surface area contributed by atoms with Crippen LogP contribution >= 0.6 is 0 Å². The lowest BCUT2D eigenvalue weighted by atomic mass is 10.1. The number of fused-ring (bicyclic) bond motifs is 1. The number of para-hydroxylation sites is 1. The minimum absolute atomic E-state index is 0.134. The minimum atomic E-state index is 0.134. The van der Waals surface area contributed by atoms with E-state index in [1.54, 1.807) is 7.11 Å². The molecule has 2 N–H and O–H groups in total. The van der Waals surface area contributed by atoms with E-state index in [-0.39, 0.29) is 11.8 Å². The molecule has 0 radical (unpaired) electrons. The van der Waals surface area contributed by atoms with Crippen LogP contribution in [0.4, 0.5) is 5.69 Å². The number of methoxy groups -OCH3 is 1. The highest BCUT2D eigenvalue weighted by Crippen LogP contribution is 2.30. The van der Waals surface area contributed by atoms with Gasteiger partial charge in [-0.3, -0.25) is 9.89 Å². The molecule has 2 heterocycles. The molecule has 0 spiro atoms. The second kappa shape index (κ2) is 11.5. The second-order valence-corrected chi connectivity index (χ2v) is 9.75. The van der Waals surface area contributed by atoms with Crippen molar-refractivity contribution in [3.05, 3.63) is 72.8 Å². The molecule has 1 amide bonds. The van der Waals surface area contributed by atoms with Crippen molar-refractivity contribution in [2.75, 3.05) is 32.6 Å². The number of aromatic amines is 1. The fourth-order valence-electron chi connectivity index (χ4n) is 4.43. The average Bonchev–Trinajstić information content (AvgIpc) is 3.71. The number of piperidine rings is 1. The van der Waals surface area contributed by atoms with Gasteiger partial charge in [0.1, 0.15) is 17.6 Å². The molecule has 4 aromatic rings. The monoisotopic (exact) mass is 498 g/mol. The Balaban J connectivity index is 0.000000171. The van der Waals surface area contributed by atoms with Crippen LogP contribution in [0.25, 0.3) is 22.2 Å². The van der Waals surface area contributed by atoms with Crippen molar-refractivity contribution < 1.29 is 14.3 Å². The Morgan fingerprint density at radius 2 is 1.59 bits per heavy atom. The molecule has 6 rings (SSSR count). The van der Waals surface area contributed by atoms with Crippen LogP contribution in [0.5, 0.6) is 11.5 Å². The zero-order valence-electron chi connectivity index (χ0n) is 21.4. The molecule has 2 fully saturated rings. The Bertz CT molecular complexity index is 1300. The predicted octanol–water partition coefficient (Wildman–Crippen LogP) is 5.75. The van der Waals surface area contributed by atoms with E-state index in [0.29, 0.717) is 6.10 Å². The van der Waals surface area contributed by atoms with E-state index in [1.807, 2.05) is 42.5 Å². The molecular formula is C30H34N4O3. The third kappa shape index (κ3) is 6.49. The highest BCUT2D eigenvalue weighted by Gasteiger charge is 2.29. The number of ether oxygens (including phenoxy) is 2. The van der Waals surface area contributed by atoms with Gasteiger partial charge in [0, 0.05) is 35.6 Å². The zero-order chi connectivity index (χ0) is 25.6. The maximum atomic E-state index is 11.4. The van der Waals surface area contributed by atoms with E-state index in [4.69, 9.17) is 9.47 Å². The molecule has 3 aromatic carbocycles. The number of hydrogen-bond acceptors (Lipinski definition) is 5. The van der Waals surface area contributed by atoms with E-state index in [1.165, 1.54) is 0 Å². The van der Waals surface area contributed by atoms with Crippen LogP contribution in [-0.2, 0) is 4.79 Å². The molecule has 1 aliphatic carbocycles. The first-order chi connectivity index (χ1) is 18.1. The summed E-state index contributed by atoms with van der Waals surface area (Å²) in [5.74, 6) is 2.13. The average molecular weight is 499 g/mol. The maximum Gasteiger partial charge on any atom is 0.227 e. The standard InChI is InChI=1S/C19H21N3O.C11H13NO2/c1-22-12-10-16(11-13-22)23-15-8-6-14(7-9-15)19-17-4-2-3-5-18(17)20-21-19;1-14-10-6-4-9(5-7-10)12-11(13)8-2-3-8/h2-9,16H,10-13H2,1H3,(H,20,21);4-8H,2-3H2,1H3,(H,12,13). The molecule has 1 aromatic heterocycles. The number of anilines is 1. The third-order valence-corrected chi connectivity index (χ3v) is 6.87. The summed E-state index contributed by atoms with van der Waals surface area (Å²) in [7, 11) is 3.79. The molecule has 7 heteroatoms. The number of nitrogens with zero attached hydrogens (tertiary/aromatic N) is 2. The van der Waals surface area contributed by atoms with Gasteiger partial charge >= 0.3 is 0 Å². The summed E-state index contributed by atoms with van der Waals surface area (Å²) in [5, 5.41) is 11.5. The quantitative estimate of drug-likeness (QED) is 0.354. The van der Waals surface area contributed by atoms with Crippen molar-refractivity contribution in [2.45, 2.75) is 31.8 Å². The van der Waals surface area contributed by atoms with Crippen molar-refractivity contribution >= 4 is 22.5 Å². The number of benzene rings is 3. The summed E-state index contributed by atoms with van der Waals surface area (Å²) in [4.78, 5) is 13.7.